The third-order valence-corrected chi connectivity index (χ3v) is 6.17. The van der Waals surface area contributed by atoms with Crippen molar-refractivity contribution in [3.63, 3.8) is 0 Å². The molecule has 0 saturated heterocycles. The van der Waals surface area contributed by atoms with Crippen LogP contribution in [-0.4, -0.2) is 52.0 Å². The van der Waals surface area contributed by atoms with Crippen LogP contribution in [0.1, 0.15) is 45.1 Å². The van der Waals surface area contributed by atoms with E-state index in [1.165, 1.54) is 0 Å². The molecule has 0 spiro atoms. The highest BCUT2D eigenvalue weighted by Gasteiger charge is 2.28. The van der Waals surface area contributed by atoms with Crippen molar-refractivity contribution in [3.05, 3.63) is 78.6 Å². The topological polar surface area (TPSA) is 133 Å². The van der Waals surface area contributed by atoms with Crippen LogP contribution in [0.5, 0.6) is 0 Å². The lowest BCUT2D eigenvalue weighted by Crippen LogP contribution is -2.49. The number of benzene rings is 2. The van der Waals surface area contributed by atoms with Gasteiger partial charge in [0.15, 0.2) is 0 Å². The van der Waals surface area contributed by atoms with Gasteiger partial charge in [-0.05, 0) is 41.0 Å². The van der Waals surface area contributed by atoms with Crippen LogP contribution >= 0.6 is 0 Å². The minimum Gasteiger partial charge on any atom is -0.481 e. The number of carbonyl (C=O) groups is 3. The second-order valence-corrected chi connectivity index (χ2v) is 10.3. The summed E-state index contributed by atoms with van der Waals surface area (Å²) in [5.41, 5.74) is 2.34. The van der Waals surface area contributed by atoms with Gasteiger partial charge in [0, 0.05) is 38.3 Å². The van der Waals surface area contributed by atoms with E-state index in [2.05, 4.69) is 25.9 Å². The molecule has 0 saturated carbocycles. The quantitative estimate of drug-likeness (QED) is 0.217. The molecule has 2 aromatic carbocycles. The summed E-state index contributed by atoms with van der Waals surface area (Å²) in [5.74, 6) is -1.03. The maximum absolute atomic E-state index is 13.1. The number of aromatic nitrogens is 2. The Morgan fingerprint density at radius 2 is 1.49 bits per heavy atom. The molecule has 206 valence electrons. The number of rotatable bonds is 15. The SMILES string of the molecule is CC(C)(CC(=O)O)CC(=O)N[C@@H](Cc1ccc(-c2ccccc2)cc1)C(=O)NCCCCNc1ncccn1. The number of hydrogen-bond acceptors (Lipinski definition) is 6. The molecule has 1 aromatic heterocycles. The zero-order valence-corrected chi connectivity index (χ0v) is 22.5. The minimum atomic E-state index is -0.964. The first-order chi connectivity index (χ1) is 18.7. The summed E-state index contributed by atoms with van der Waals surface area (Å²) in [7, 11) is 0. The monoisotopic (exact) mass is 531 g/mol. The van der Waals surface area contributed by atoms with Crippen LogP contribution in [0.2, 0.25) is 0 Å². The van der Waals surface area contributed by atoms with Gasteiger partial charge in [0.1, 0.15) is 6.04 Å². The highest BCUT2D eigenvalue weighted by atomic mass is 16.4. The second-order valence-electron chi connectivity index (χ2n) is 10.3. The Morgan fingerprint density at radius 1 is 0.846 bits per heavy atom. The van der Waals surface area contributed by atoms with E-state index in [0.717, 1.165) is 29.5 Å². The van der Waals surface area contributed by atoms with E-state index in [9.17, 15) is 14.4 Å². The molecule has 3 aromatic rings. The maximum Gasteiger partial charge on any atom is 0.303 e. The Hall–Kier alpha value is -4.27. The van der Waals surface area contributed by atoms with Crippen molar-refractivity contribution in [2.75, 3.05) is 18.4 Å². The van der Waals surface area contributed by atoms with Gasteiger partial charge in [-0.1, -0.05) is 68.4 Å². The van der Waals surface area contributed by atoms with Crippen LogP contribution in [0, 0.1) is 5.41 Å². The molecule has 4 N–H and O–H groups in total. The molecule has 9 heteroatoms. The fourth-order valence-electron chi connectivity index (χ4n) is 4.24. The Kier molecular flexibility index (Phi) is 11.0. The summed E-state index contributed by atoms with van der Waals surface area (Å²) in [6, 6.07) is 18.9. The molecule has 1 heterocycles. The van der Waals surface area contributed by atoms with Gasteiger partial charge in [0.25, 0.3) is 0 Å². The molecule has 1 atom stereocenters. The zero-order valence-electron chi connectivity index (χ0n) is 22.5. The van der Waals surface area contributed by atoms with Crippen LogP contribution in [-0.2, 0) is 20.8 Å². The fraction of sp³-hybridized carbons (Fsp3) is 0.367. The first kappa shape index (κ1) is 29.3. The van der Waals surface area contributed by atoms with Crippen LogP contribution < -0.4 is 16.0 Å². The number of carbonyl (C=O) groups excluding carboxylic acids is 2. The van der Waals surface area contributed by atoms with Gasteiger partial charge in [0.2, 0.25) is 17.8 Å². The van der Waals surface area contributed by atoms with E-state index < -0.39 is 17.4 Å². The van der Waals surface area contributed by atoms with Crippen molar-refractivity contribution in [1.29, 1.82) is 0 Å². The number of anilines is 1. The first-order valence-corrected chi connectivity index (χ1v) is 13.2. The van der Waals surface area contributed by atoms with E-state index in [-0.39, 0.29) is 24.7 Å². The molecule has 0 fully saturated rings. The standard InChI is InChI=1S/C30H37N5O4/c1-30(2,21-27(37)38)20-26(36)35-25(19-22-11-13-24(14-12-22)23-9-4-3-5-10-23)28(39)31-15-6-7-16-32-29-33-17-8-18-34-29/h3-5,8-14,17-18,25H,6-7,15-16,19-21H2,1-2H3,(H,31,39)(H,35,36)(H,37,38)(H,32,33,34)/t25-/m0/s1. The van der Waals surface area contributed by atoms with Gasteiger partial charge in [-0.2, -0.15) is 0 Å². The summed E-state index contributed by atoms with van der Waals surface area (Å²) in [5, 5.41) is 18.1. The minimum absolute atomic E-state index is 0.00323. The Labute approximate surface area is 229 Å². The van der Waals surface area contributed by atoms with E-state index in [1.54, 1.807) is 32.3 Å². The molecule has 0 aliphatic carbocycles. The smallest absolute Gasteiger partial charge is 0.303 e. The largest absolute Gasteiger partial charge is 0.481 e. The molecule has 3 rings (SSSR count). The number of carboxylic acids is 1. The molecule has 0 unspecified atom stereocenters. The average molecular weight is 532 g/mol. The predicted molar refractivity (Wildman–Crippen MR) is 151 cm³/mol. The van der Waals surface area contributed by atoms with Crippen molar-refractivity contribution in [3.8, 4) is 11.1 Å². The molecular weight excluding hydrogens is 494 g/mol. The lowest BCUT2D eigenvalue weighted by molar-refractivity contribution is -0.140. The third kappa shape index (κ3) is 10.6. The van der Waals surface area contributed by atoms with Crippen LogP contribution in [0.3, 0.4) is 0 Å². The van der Waals surface area contributed by atoms with Crippen molar-refractivity contribution >= 4 is 23.7 Å². The molecular formula is C30H37N5O4. The number of carboxylic acid groups (broad SMARTS) is 1. The van der Waals surface area contributed by atoms with Crippen LogP contribution in [0.15, 0.2) is 73.1 Å². The van der Waals surface area contributed by atoms with Crippen molar-refractivity contribution in [2.45, 2.75) is 52.0 Å². The van der Waals surface area contributed by atoms with Gasteiger partial charge in [-0.25, -0.2) is 9.97 Å². The normalized spacial score (nSPS) is 11.8. The summed E-state index contributed by atoms with van der Waals surface area (Å²) in [4.78, 5) is 45.3. The zero-order chi connectivity index (χ0) is 28.1. The molecule has 0 aliphatic heterocycles. The summed E-state index contributed by atoms with van der Waals surface area (Å²) in [6.45, 7) is 4.59. The number of unbranched alkanes of at least 4 members (excludes halogenated alkanes) is 1. The highest BCUT2D eigenvalue weighted by molar-refractivity contribution is 5.88. The Bertz CT molecular complexity index is 1200. The average Bonchev–Trinajstić information content (AvgIpc) is 2.90. The van der Waals surface area contributed by atoms with Gasteiger partial charge in [-0.15, -0.1) is 0 Å². The third-order valence-electron chi connectivity index (χ3n) is 6.17. The molecule has 0 aliphatic rings. The maximum atomic E-state index is 13.1. The molecule has 0 bridgehead atoms. The molecule has 39 heavy (non-hydrogen) atoms. The fourth-order valence-corrected chi connectivity index (χ4v) is 4.24. The number of amides is 2. The summed E-state index contributed by atoms with van der Waals surface area (Å²) >= 11 is 0. The van der Waals surface area contributed by atoms with Crippen LogP contribution in [0.4, 0.5) is 5.95 Å². The predicted octanol–water partition coefficient (Wildman–Crippen LogP) is 4.07. The lowest BCUT2D eigenvalue weighted by Gasteiger charge is -2.24. The number of hydrogen-bond donors (Lipinski definition) is 4. The first-order valence-electron chi connectivity index (χ1n) is 13.2. The number of nitrogens with zero attached hydrogens (tertiary/aromatic N) is 2. The van der Waals surface area contributed by atoms with Crippen LogP contribution in [0.25, 0.3) is 11.1 Å². The summed E-state index contributed by atoms with van der Waals surface area (Å²) in [6.07, 6.45) is 5.07. The number of aliphatic carboxylic acids is 1. The van der Waals surface area contributed by atoms with Crippen molar-refractivity contribution in [1.82, 2.24) is 20.6 Å². The van der Waals surface area contributed by atoms with Gasteiger partial charge < -0.3 is 21.1 Å². The number of nitrogens with one attached hydrogen (secondary N) is 3. The Balaban J connectivity index is 1.58. The van der Waals surface area contributed by atoms with E-state index in [4.69, 9.17) is 5.11 Å². The van der Waals surface area contributed by atoms with Gasteiger partial charge in [-0.3, -0.25) is 14.4 Å². The van der Waals surface area contributed by atoms with E-state index in [1.807, 2.05) is 54.6 Å². The lowest BCUT2D eigenvalue weighted by atomic mass is 9.85. The Morgan fingerprint density at radius 3 is 2.15 bits per heavy atom. The van der Waals surface area contributed by atoms with Gasteiger partial charge in [0.05, 0.1) is 6.42 Å². The molecule has 9 nitrogen and oxygen atoms in total. The summed E-state index contributed by atoms with van der Waals surface area (Å²) < 4.78 is 0. The van der Waals surface area contributed by atoms with E-state index >= 15 is 0 Å². The molecule has 0 radical (unpaired) electrons. The van der Waals surface area contributed by atoms with Crippen molar-refractivity contribution < 1.29 is 19.5 Å². The van der Waals surface area contributed by atoms with E-state index in [0.29, 0.717) is 25.5 Å². The van der Waals surface area contributed by atoms with Gasteiger partial charge >= 0.3 is 5.97 Å². The highest BCUT2D eigenvalue weighted by Crippen LogP contribution is 2.25. The second kappa shape index (κ2) is 14.6. The molecule has 2 amide bonds. The van der Waals surface area contributed by atoms with Crippen molar-refractivity contribution in [2.24, 2.45) is 5.41 Å².